The summed E-state index contributed by atoms with van der Waals surface area (Å²) in [6.07, 6.45) is 3.56. The molecule has 1 aliphatic heterocycles. The van der Waals surface area contributed by atoms with Gasteiger partial charge in [-0.3, -0.25) is 9.59 Å². The highest BCUT2D eigenvalue weighted by Crippen LogP contribution is 2.30. The Labute approximate surface area is 119 Å². The summed E-state index contributed by atoms with van der Waals surface area (Å²) in [7, 11) is 0. The van der Waals surface area contributed by atoms with E-state index in [0.29, 0.717) is 11.4 Å². The van der Waals surface area contributed by atoms with E-state index in [1.807, 2.05) is 12.3 Å². The number of ether oxygens (including phenoxy) is 1. The summed E-state index contributed by atoms with van der Waals surface area (Å²) in [5.74, 6) is 0.0778. The highest BCUT2D eigenvalue weighted by molar-refractivity contribution is 8.45. The van der Waals surface area contributed by atoms with Gasteiger partial charge in [0, 0.05) is 6.92 Å². The molecule has 1 aromatic carbocycles. The van der Waals surface area contributed by atoms with Crippen molar-refractivity contribution >= 4 is 45.1 Å². The molecule has 0 N–H and O–H groups in total. The van der Waals surface area contributed by atoms with Crippen LogP contribution in [0.2, 0.25) is 0 Å². The molecule has 0 radical (unpaired) electrons. The smallest absolute Gasteiger partial charge is 0.308 e. The second kappa shape index (κ2) is 6.08. The number of esters is 1. The number of aliphatic imine (C=N–C) groups is 1. The van der Waals surface area contributed by atoms with Gasteiger partial charge in [0.15, 0.2) is 0 Å². The van der Waals surface area contributed by atoms with Gasteiger partial charge in [-0.15, -0.1) is 11.8 Å². The maximum atomic E-state index is 11.7. The van der Waals surface area contributed by atoms with Gasteiger partial charge in [0.05, 0.1) is 0 Å². The fourth-order valence-electron chi connectivity index (χ4n) is 1.47. The van der Waals surface area contributed by atoms with E-state index in [4.69, 9.17) is 4.74 Å². The number of rotatable bonds is 2. The van der Waals surface area contributed by atoms with Gasteiger partial charge < -0.3 is 4.74 Å². The Balaban J connectivity index is 2.25. The lowest BCUT2D eigenvalue weighted by Gasteiger charge is -2.01. The molecule has 0 atom stereocenters. The molecule has 0 bridgehead atoms. The molecule has 1 heterocycles. The minimum Gasteiger partial charge on any atom is -0.427 e. The fourth-order valence-corrected chi connectivity index (χ4v) is 2.73. The molecule has 19 heavy (non-hydrogen) atoms. The highest BCUT2D eigenvalue weighted by atomic mass is 32.2. The first-order chi connectivity index (χ1) is 9.08. The quantitative estimate of drug-likeness (QED) is 0.477. The number of carbonyl (C=O) groups is 2. The van der Waals surface area contributed by atoms with Crippen LogP contribution in [0.25, 0.3) is 6.08 Å². The second-order valence-electron chi connectivity index (χ2n) is 3.67. The van der Waals surface area contributed by atoms with Gasteiger partial charge in [-0.2, -0.15) is 0 Å². The zero-order valence-corrected chi connectivity index (χ0v) is 12.0. The Kier molecular flexibility index (Phi) is 4.44. The summed E-state index contributed by atoms with van der Waals surface area (Å²) in [6, 6.07) is 6.96. The van der Waals surface area contributed by atoms with Crippen LogP contribution in [0.4, 0.5) is 0 Å². The van der Waals surface area contributed by atoms with Crippen LogP contribution in [0.5, 0.6) is 5.75 Å². The van der Waals surface area contributed by atoms with E-state index in [1.165, 1.54) is 18.7 Å². The van der Waals surface area contributed by atoms with E-state index in [1.54, 1.807) is 24.3 Å². The molecule has 98 valence electrons. The van der Waals surface area contributed by atoms with E-state index >= 15 is 0 Å². The van der Waals surface area contributed by atoms with E-state index in [0.717, 1.165) is 21.7 Å². The van der Waals surface area contributed by atoms with Crippen LogP contribution in [0.1, 0.15) is 12.5 Å². The number of carbonyl (C=O) groups excluding carboxylic acids is 2. The third-order valence-electron chi connectivity index (χ3n) is 2.20. The van der Waals surface area contributed by atoms with Crippen molar-refractivity contribution in [1.29, 1.82) is 0 Å². The average Bonchev–Trinajstić information content (AvgIpc) is 2.70. The van der Waals surface area contributed by atoms with Crippen molar-refractivity contribution in [2.45, 2.75) is 6.92 Å². The first-order valence-corrected chi connectivity index (χ1v) is 7.47. The third-order valence-corrected chi connectivity index (χ3v) is 4.05. The maximum absolute atomic E-state index is 11.7. The van der Waals surface area contributed by atoms with Crippen molar-refractivity contribution in [2.24, 2.45) is 4.99 Å². The fraction of sp³-hybridized carbons (Fsp3) is 0.154. The molecule has 0 fully saturated rings. The summed E-state index contributed by atoms with van der Waals surface area (Å²) in [5.41, 5.74) is 1.18. The largest absolute Gasteiger partial charge is 0.427 e. The van der Waals surface area contributed by atoms with Gasteiger partial charge >= 0.3 is 5.97 Å². The molecule has 2 rings (SSSR count). The van der Waals surface area contributed by atoms with Crippen LogP contribution in [0, 0.1) is 0 Å². The molecule has 0 unspecified atom stereocenters. The Morgan fingerprint density at radius 1 is 1.47 bits per heavy atom. The van der Waals surface area contributed by atoms with E-state index < -0.39 is 0 Å². The Hall–Kier alpha value is -1.53. The second-order valence-corrected chi connectivity index (χ2v) is 5.68. The zero-order chi connectivity index (χ0) is 13.8. The molecule has 1 aromatic rings. The predicted molar refractivity (Wildman–Crippen MR) is 79.3 cm³/mol. The van der Waals surface area contributed by atoms with Gasteiger partial charge in [-0.25, -0.2) is 4.99 Å². The minimum absolute atomic E-state index is 0.0674. The van der Waals surface area contributed by atoms with Crippen LogP contribution < -0.4 is 4.74 Å². The van der Waals surface area contributed by atoms with Crippen LogP contribution in [-0.4, -0.2) is 21.7 Å². The number of hydrogen-bond acceptors (Lipinski definition) is 6. The molecule has 4 nitrogen and oxygen atoms in total. The van der Waals surface area contributed by atoms with Crippen molar-refractivity contribution in [3.05, 3.63) is 35.5 Å². The Morgan fingerprint density at radius 2 is 2.26 bits per heavy atom. The van der Waals surface area contributed by atoms with E-state index in [2.05, 4.69) is 4.99 Å². The Bertz CT molecular complexity index is 593. The van der Waals surface area contributed by atoms with Crippen molar-refractivity contribution in [3.63, 3.8) is 0 Å². The summed E-state index contributed by atoms with van der Waals surface area (Å²) in [4.78, 5) is 26.8. The van der Waals surface area contributed by atoms with Gasteiger partial charge in [0.2, 0.25) is 5.12 Å². The number of nitrogens with zero attached hydrogens (tertiary/aromatic N) is 1. The first kappa shape index (κ1) is 13.9. The number of thioether (sulfide) groups is 2. The zero-order valence-electron chi connectivity index (χ0n) is 10.4. The van der Waals surface area contributed by atoms with Crippen LogP contribution in [0.15, 0.2) is 35.0 Å². The molecule has 0 spiro atoms. The van der Waals surface area contributed by atoms with E-state index in [9.17, 15) is 9.59 Å². The highest BCUT2D eigenvalue weighted by Gasteiger charge is 2.21. The molecule has 0 aromatic heterocycles. The lowest BCUT2D eigenvalue weighted by Crippen LogP contribution is -2.01. The number of hydrogen-bond donors (Lipinski definition) is 0. The van der Waals surface area contributed by atoms with E-state index in [-0.39, 0.29) is 11.1 Å². The molecule has 0 saturated heterocycles. The molecule has 0 amide bonds. The molecule has 1 aliphatic rings. The SMILES string of the molecule is CSC1=N/C(=C/c2cccc(OC(C)=O)c2)C(=O)S1. The topological polar surface area (TPSA) is 55.7 Å². The molecule has 6 heteroatoms. The standard InChI is InChI=1S/C13H11NO3S2/c1-8(15)17-10-5-3-4-9(6-10)7-11-12(16)19-13(14-11)18-2/h3-7H,1-2H3/b11-7+. The molecular weight excluding hydrogens is 282 g/mol. The van der Waals surface area contributed by atoms with Gasteiger partial charge in [-0.1, -0.05) is 12.1 Å². The minimum atomic E-state index is -0.375. The van der Waals surface area contributed by atoms with Crippen molar-refractivity contribution in [1.82, 2.24) is 0 Å². The van der Waals surface area contributed by atoms with Gasteiger partial charge in [-0.05, 0) is 41.8 Å². The molecule has 0 saturated carbocycles. The van der Waals surface area contributed by atoms with Crippen LogP contribution in [-0.2, 0) is 9.59 Å². The summed E-state index contributed by atoms with van der Waals surface area (Å²) in [6.45, 7) is 1.34. The lowest BCUT2D eigenvalue weighted by molar-refractivity contribution is -0.131. The summed E-state index contributed by atoms with van der Waals surface area (Å²) >= 11 is 2.57. The van der Waals surface area contributed by atoms with Crippen molar-refractivity contribution in [2.75, 3.05) is 6.26 Å². The maximum Gasteiger partial charge on any atom is 0.308 e. The summed E-state index contributed by atoms with van der Waals surface area (Å²) < 4.78 is 5.73. The van der Waals surface area contributed by atoms with Gasteiger partial charge in [0.1, 0.15) is 15.8 Å². The monoisotopic (exact) mass is 293 g/mol. The van der Waals surface area contributed by atoms with Crippen LogP contribution in [0.3, 0.4) is 0 Å². The number of benzene rings is 1. The Morgan fingerprint density at radius 3 is 2.89 bits per heavy atom. The third kappa shape index (κ3) is 3.71. The lowest BCUT2D eigenvalue weighted by atomic mass is 10.2. The van der Waals surface area contributed by atoms with Crippen LogP contribution >= 0.6 is 23.5 Å². The van der Waals surface area contributed by atoms with Crippen molar-refractivity contribution < 1.29 is 14.3 Å². The normalized spacial score (nSPS) is 16.6. The van der Waals surface area contributed by atoms with Crippen molar-refractivity contribution in [3.8, 4) is 5.75 Å². The first-order valence-electron chi connectivity index (χ1n) is 5.43. The van der Waals surface area contributed by atoms with Gasteiger partial charge in [0.25, 0.3) is 0 Å². The molecule has 0 aliphatic carbocycles. The average molecular weight is 293 g/mol. The summed E-state index contributed by atoms with van der Waals surface area (Å²) in [5, 5.41) is -0.0674. The molecular formula is C13H11NO3S2. The predicted octanol–water partition coefficient (Wildman–Crippen LogP) is 2.95.